The van der Waals surface area contributed by atoms with Crippen LogP contribution in [0.25, 0.3) is 0 Å². The Hall–Kier alpha value is -1.18. The molecule has 1 N–H and O–H groups in total. The average molecular weight is 246 g/mol. The molecule has 2 heteroatoms. The van der Waals surface area contributed by atoms with Crippen LogP contribution in [0.4, 0.5) is 0 Å². The van der Waals surface area contributed by atoms with Gasteiger partial charge in [-0.3, -0.25) is 0 Å². The maximum Gasteiger partial charge on any atom is 0.127 e. The monoisotopic (exact) mass is 246 g/mol. The number of aromatic hydroxyl groups is 1. The molecule has 1 heterocycles. The van der Waals surface area contributed by atoms with Crippen LogP contribution in [0.15, 0.2) is 6.07 Å². The maximum absolute atomic E-state index is 10.1. The molecule has 1 fully saturated rings. The lowest BCUT2D eigenvalue weighted by Gasteiger charge is -2.46. The zero-order chi connectivity index (χ0) is 12.9. The fourth-order valence-electron chi connectivity index (χ4n) is 3.21. The molecule has 1 spiro atoms. The Morgan fingerprint density at radius 2 is 2.00 bits per heavy atom. The van der Waals surface area contributed by atoms with E-state index in [9.17, 15) is 5.11 Å². The summed E-state index contributed by atoms with van der Waals surface area (Å²) in [4.78, 5) is 0. The van der Waals surface area contributed by atoms with E-state index in [0.29, 0.717) is 11.7 Å². The third-order valence-corrected chi connectivity index (χ3v) is 4.70. The standard InChI is InChI=1S/C16H22O2/c1-10(2)13-9-14(17)11(3)12-5-8-16(6-4-7-16)18-15(12)13/h9-10,17H,4-8H2,1-3H3. The number of hydrogen-bond acceptors (Lipinski definition) is 2. The second-order valence-electron chi connectivity index (χ2n) is 6.21. The summed E-state index contributed by atoms with van der Waals surface area (Å²) in [5.41, 5.74) is 3.53. The Kier molecular flexibility index (Phi) is 2.58. The molecule has 98 valence electrons. The predicted octanol–water partition coefficient (Wildman–Crippen LogP) is 4.07. The van der Waals surface area contributed by atoms with Crippen LogP contribution in [-0.2, 0) is 6.42 Å². The van der Waals surface area contributed by atoms with E-state index in [1.807, 2.05) is 13.0 Å². The first-order valence-electron chi connectivity index (χ1n) is 7.07. The number of benzene rings is 1. The first kappa shape index (κ1) is 11.9. The van der Waals surface area contributed by atoms with E-state index in [1.54, 1.807) is 0 Å². The first-order valence-corrected chi connectivity index (χ1v) is 7.07. The van der Waals surface area contributed by atoms with E-state index in [0.717, 1.165) is 24.2 Å². The Morgan fingerprint density at radius 1 is 1.28 bits per heavy atom. The van der Waals surface area contributed by atoms with Crippen molar-refractivity contribution in [1.29, 1.82) is 0 Å². The maximum atomic E-state index is 10.1. The van der Waals surface area contributed by atoms with Gasteiger partial charge in [-0.2, -0.15) is 0 Å². The molecule has 2 nitrogen and oxygen atoms in total. The molecule has 2 aliphatic rings. The zero-order valence-electron chi connectivity index (χ0n) is 11.5. The highest BCUT2D eigenvalue weighted by Crippen LogP contribution is 2.49. The summed E-state index contributed by atoms with van der Waals surface area (Å²) >= 11 is 0. The summed E-state index contributed by atoms with van der Waals surface area (Å²) in [7, 11) is 0. The van der Waals surface area contributed by atoms with E-state index in [4.69, 9.17) is 4.74 Å². The quantitative estimate of drug-likeness (QED) is 0.809. The Balaban J connectivity index is 2.10. The van der Waals surface area contributed by atoms with Crippen molar-refractivity contribution in [1.82, 2.24) is 0 Å². The molecule has 0 atom stereocenters. The SMILES string of the molecule is Cc1c(O)cc(C(C)C)c2c1CCC1(CCC1)O2. The van der Waals surface area contributed by atoms with Gasteiger partial charge in [-0.25, -0.2) is 0 Å². The van der Waals surface area contributed by atoms with Gasteiger partial charge in [0.25, 0.3) is 0 Å². The van der Waals surface area contributed by atoms with Gasteiger partial charge in [0.1, 0.15) is 17.1 Å². The van der Waals surface area contributed by atoms with Crippen LogP contribution in [0.2, 0.25) is 0 Å². The number of phenols is 1. The smallest absolute Gasteiger partial charge is 0.127 e. The number of hydrogen-bond donors (Lipinski definition) is 1. The molecule has 18 heavy (non-hydrogen) atoms. The summed E-state index contributed by atoms with van der Waals surface area (Å²) in [5, 5.41) is 10.1. The summed E-state index contributed by atoms with van der Waals surface area (Å²) in [5.74, 6) is 1.89. The lowest BCUT2D eigenvalue weighted by atomic mass is 9.73. The van der Waals surface area contributed by atoms with Crippen LogP contribution < -0.4 is 4.74 Å². The number of fused-ring (bicyclic) bond motifs is 1. The Labute approximate surface area is 109 Å². The van der Waals surface area contributed by atoms with Crippen LogP contribution in [0.5, 0.6) is 11.5 Å². The van der Waals surface area contributed by atoms with Crippen molar-refractivity contribution in [3.8, 4) is 11.5 Å². The summed E-state index contributed by atoms with van der Waals surface area (Å²) in [6.45, 7) is 6.33. The zero-order valence-corrected chi connectivity index (χ0v) is 11.5. The van der Waals surface area contributed by atoms with Gasteiger partial charge in [0, 0.05) is 11.1 Å². The van der Waals surface area contributed by atoms with E-state index in [-0.39, 0.29) is 5.60 Å². The molecular formula is C16H22O2. The molecule has 1 aromatic carbocycles. The van der Waals surface area contributed by atoms with Crippen molar-refractivity contribution in [2.24, 2.45) is 0 Å². The Morgan fingerprint density at radius 3 is 2.56 bits per heavy atom. The molecule has 0 unspecified atom stereocenters. The van der Waals surface area contributed by atoms with Crippen molar-refractivity contribution in [3.05, 3.63) is 22.8 Å². The molecule has 0 radical (unpaired) electrons. The van der Waals surface area contributed by atoms with Crippen molar-refractivity contribution >= 4 is 0 Å². The fraction of sp³-hybridized carbons (Fsp3) is 0.625. The summed E-state index contributed by atoms with van der Waals surface area (Å²) < 4.78 is 6.37. The van der Waals surface area contributed by atoms with Gasteiger partial charge in [0.05, 0.1) is 0 Å². The minimum absolute atomic E-state index is 0.125. The molecule has 0 bridgehead atoms. The predicted molar refractivity (Wildman–Crippen MR) is 72.5 cm³/mol. The van der Waals surface area contributed by atoms with Crippen LogP contribution in [0.1, 0.15) is 62.1 Å². The van der Waals surface area contributed by atoms with Crippen LogP contribution in [0, 0.1) is 6.92 Å². The molecule has 0 aromatic heterocycles. The van der Waals surface area contributed by atoms with Gasteiger partial charge >= 0.3 is 0 Å². The van der Waals surface area contributed by atoms with Crippen LogP contribution in [-0.4, -0.2) is 10.7 Å². The second kappa shape index (κ2) is 3.91. The summed E-state index contributed by atoms with van der Waals surface area (Å²) in [6.07, 6.45) is 5.86. The number of phenolic OH excluding ortho intramolecular Hbond substituents is 1. The highest BCUT2D eigenvalue weighted by Gasteiger charge is 2.43. The lowest BCUT2D eigenvalue weighted by molar-refractivity contribution is -0.0261. The van der Waals surface area contributed by atoms with E-state index in [1.165, 1.54) is 30.4 Å². The molecule has 0 saturated heterocycles. The van der Waals surface area contributed by atoms with Gasteiger partial charge in [0.15, 0.2) is 0 Å². The highest BCUT2D eigenvalue weighted by atomic mass is 16.5. The van der Waals surface area contributed by atoms with Gasteiger partial charge in [-0.15, -0.1) is 0 Å². The number of rotatable bonds is 1. The average Bonchev–Trinajstić information content (AvgIpc) is 2.31. The molecule has 0 amide bonds. The fourth-order valence-corrected chi connectivity index (χ4v) is 3.21. The summed E-state index contributed by atoms with van der Waals surface area (Å²) in [6, 6.07) is 1.90. The molecule has 1 aliphatic carbocycles. The molecular weight excluding hydrogens is 224 g/mol. The largest absolute Gasteiger partial charge is 0.508 e. The lowest BCUT2D eigenvalue weighted by Crippen LogP contribution is -2.46. The third kappa shape index (κ3) is 1.62. The van der Waals surface area contributed by atoms with E-state index in [2.05, 4.69) is 13.8 Å². The third-order valence-electron chi connectivity index (χ3n) is 4.70. The van der Waals surface area contributed by atoms with Crippen molar-refractivity contribution in [2.75, 3.05) is 0 Å². The normalized spacial score (nSPS) is 20.4. The van der Waals surface area contributed by atoms with Gasteiger partial charge in [-0.05, 0) is 56.6 Å². The topological polar surface area (TPSA) is 29.5 Å². The van der Waals surface area contributed by atoms with Gasteiger partial charge < -0.3 is 9.84 Å². The van der Waals surface area contributed by atoms with E-state index < -0.39 is 0 Å². The van der Waals surface area contributed by atoms with Gasteiger partial charge in [0.2, 0.25) is 0 Å². The minimum atomic E-state index is 0.125. The molecule has 1 aliphatic heterocycles. The minimum Gasteiger partial charge on any atom is -0.508 e. The first-order chi connectivity index (χ1) is 8.52. The molecule has 1 saturated carbocycles. The van der Waals surface area contributed by atoms with Crippen LogP contribution in [0.3, 0.4) is 0 Å². The van der Waals surface area contributed by atoms with Crippen LogP contribution >= 0.6 is 0 Å². The number of ether oxygens (including phenoxy) is 1. The molecule has 1 aromatic rings. The van der Waals surface area contributed by atoms with Crippen molar-refractivity contribution < 1.29 is 9.84 Å². The van der Waals surface area contributed by atoms with Gasteiger partial charge in [-0.1, -0.05) is 13.8 Å². The highest BCUT2D eigenvalue weighted by molar-refractivity contribution is 5.55. The second-order valence-corrected chi connectivity index (χ2v) is 6.21. The van der Waals surface area contributed by atoms with Crippen molar-refractivity contribution in [2.45, 2.75) is 64.4 Å². The van der Waals surface area contributed by atoms with E-state index >= 15 is 0 Å². The Bertz CT molecular complexity index is 484. The molecule has 3 rings (SSSR count). The van der Waals surface area contributed by atoms with Crippen molar-refractivity contribution in [3.63, 3.8) is 0 Å².